The molecule has 0 radical (unpaired) electrons. The zero-order valence-corrected chi connectivity index (χ0v) is 10.4. The van der Waals surface area contributed by atoms with Crippen molar-refractivity contribution >= 4 is 16.9 Å². The molecule has 0 aromatic heterocycles. The predicted octanol–water partition coefficient (Wildman–Crippen LogP) is 2.98. The monoisotopic (exact) mass is 269 g/mol. The molecule has 3 rings (SSSR count). The summed E-state index contributed by atoms with van der Waals surface area (Å²) >= 11 is 0.480. The van der Waals surface area contributed by atoms with Crippen molar-refractivity contribution in [3.8, 4) is 0 Å². The third kappa shape index (κ3) is 2.16. The average molecular weight is 269 g/mol. The fraction of sp³-hybridized carbons (Fsp3) is 0.417. The van der Waals surface area contributed by atoms with Gasteiger partial charge in [0.25, 0.3) is 5.76 Å². The molecule has 0 spiro atoms. The number of benzene rings is 1. The quantitative estimate of drug-likeness (QED) is 0.894. The Morgan fingerprint density at radius 1 is 1.28 bits per heavy atom. The van der Waals surface area contributed by atoms with Crippen molar-refractivity contribution in [1.29, 1.82) is 0 Å². The Kier molecular flexibility index (Phi) is 3.11. The summed E-state index contributed by atoms with van der Waals surface area (Å²) in [5.74, 6) is -2.42. The van der Waals surface area contributed by atoms with E-state index in [0.717, 1.165) is 12.8 Å². The van der Waals surface area contributed by atoms with Crippen LogP contribution in [0.2, 0.25) is 0 Å². The zero-order chi connectivity index (χ0) is 12.5. The fourth-order valence-electron chi connectivity index (χ4n) is 2.49. The molecule has 0 amide bonds. The van der Waals surface area contributed by atoms with Crippen molar-refractivity contribution in [1.82, 2.24) is 10.3 Å². The van der Waals surface area contributed by atoms with Gasteiger partial charge in [0.05, 0.1) is 6.04 Å². The Hall–Kier alpha value is -1.30. The minimum atomic E-state index is -2.42. The molecular weight excluding hydrogens is 256 g/mol. The third-order valence-electron chi connectivity index (χ3n) is 3.23. The van der Waals surface area contributed by atoms with Gasteiger partial charge in [-0.25, -0.2) is 0 Å². The highest BCUT2D eigenvalue weighted by Crippen LogP contribution is 2.38. The maximum absolute atomic E-state index is 12.3. The van der Waals surface area contributed by atoms with Gasteiger partial charge in [-0.15, -0.1) is 5.10 Å². The van der Waals surface area contributed by atoms with E-state index in [2.05, 4.69) is 22.6 Å². The standard InChI is InChI=1S/C12H13F2N3S/c13-11(14)18-12-15-10-7-6-9(17(10)16-12)8-4-2-1-3-5-8/h1-5,9-11H,6-7H2,(H,15,16). The van der Waals surface area contributed by atoms with Crippen molar-refractivity contribution in [3.63, 3.8) is 0 Å². The molecule has 2 aliphatic rings. The molecule has 2 aliphatic heterocycles. The van der Waals surface area contributed by atoms with Crippen molar-refractivity contribution in [2.24, 2.45) is 5.10 Å². The topological polar surface area (TPSA) is 27.6 Å². The SMILES string of the molecule is FC(F)SC1=NN2C(CCC2c2ccccc2)N1. The van der Waals surface area contributed by atoms with Crippen LogP contribution < -0.4 is 5.32 Å². The second kappa shape index (κ2) is 4.76. The minimum Gasteiger partial charge on any atom is -0.342 e. The summed E-state index contributed by atoms with van der Waals surface area (Å²) in [6.07, 6.45) is 1.99. The molecule has 3 nitrogen and oxygen atoms in total. The predicted molar refractivity (Wildman–Crippen MR) is 68.2 cm³/mol. The average Bonchev–Trinajstić information content (AvgIpc) is 2.88. The summed E-state index contributed by atoms with van der Waals surface area (Å²) in [4.78, 5) is 0. The van der Waals surface area contributed by atoms with Crippen molar-refractivity contribution in [2.75, 3.05) is 0 Å². The maximum atomic E-state index is 12.3. The molecule has 2 heterocycles. The second-order valence-electron chi connectivity index (χ2n) is 4.33. The highest BCUT2D eigenvalue weighted by atomic mass is 32.2. The van der Waals surface area contributed by atoms with Crippen molar-refractivity contribution < 1.29 is 8.78 Å². The molecule has 0 bridgehead atoms. The number of thioether (sulfide) groups is 1. The molecule has 2 atom stereocenters. The van der Waals surface area contributed by atoms with Gasteiger partial charge in [-0.2, -0.15) is 8.78 Å². The van der Waals surface area contributed by atoms with Crippen LogP contribution in [-0.4, -0.2) is 22.1 Å². The van der Waals surface area contributed by atoms with Gasteiger partial charge in [-0.3, -0.25) is 5.01 Å². The molecule has 0 aliphatic carbocycles. The summed E-state index contributed by atoms with van der Waals surface area (Å²) < 4.78 is 24.6. The summed E-state index contributed by atoms with van der Waals surface area (Å²) in [7, 11) is 0. The van der Waals surface area contributed by atoms with E-state index >= 15 is 0 Å². The Morgan fingerprint density at radius 2 is 2.06 bits per heavy atom. The van der Waals surface area contributed by atoms with Crippen LogP contribution in [0, 0.1) is 0 Å². The number of halogens is 2. The first-order valence-corrected chi connectivity index (χ1v) is 6.75. The number of hydrazone groups is 1. The number of hydrogen-bond donors (Lipinski definition) is 1. The van der Waals surface area contributed by atoms with E-state index in [1.165, 1.54) is 5.56 Å². The number of alkyl halides is 2. The first-order chi connectivity index (χ1) is 8.74. The zero-order valence-electron chi connectivity index (χ0n) is 9.59. The van der Waals surface area contributed by atoms with Crippen LogP contribution in [0.1, 0.15) is 24.4 Å². The largest absolute Gasteiger partial charge is 0.342 e. The lowest BCUT2D eigenvalue weighted by Gasteiger charge is -2.21. The van der Waals surface area contributed by atoms with E-state index in [1.54, 1.807) is 0 Å². The van der Waals surface area contributed by atoms with E-state index < -0.39 is 5.76 Å². The van der Waals surface area contributed by atoms with Gasteiger partial charge in [0.2, 0.25) is 0 Å². The van der Waals surface area contributed by atoms with Crippen LogP contribution in [-0.2, 0) is 0 Å². The van der Waals surface area contributed by atoms with E-state index in [1.807, 2.05) is 23.2 Å². The van der Waals surface area contributed by atoms with E-state index in [4.69, 9.17) is 0 Å². The molecule has 1 aromatic rings. The number of nitrogens with zero attached hydrogens (tertiary/aromatic N) is 2. The number of fused-ring (bicyclic) bond motifs is 1. The van der Waals surface area contributed by atoms with Gasteiger partial charge in [0.15, 0.2) is 5.17 Å². The Morgan fingerprint density at radius 3 is 2.78 bits per heavy atom. The molecule has 18 heavy (non-hydrogen) atoms. The number of amidine groups is 1. The van der Waals surface area contributed by atoms with Gasteiger partial charge >= 0.3 is 0 Å². The van der Waals surface area contributed by atoms with Gasteiger partial charge in [0, 0.05) is 0 Å². The summed E-state index contributed by atoms with van der Waals surface area (Å²) in [5, 5.41) is 9.56. The van der Waals surface area contributed by atoms with Crippen LogP contribution in [0.25, 0.3) is 0 Å². The molecule has 1 fully saturated rings. The van der Waals surface area contributed by atoms with Gasteiger partial charge in [-0.05, 0) is 30.2 Å². The van der Waals surface area contributed by atoms with Crippen molar-refractivity contribution in [2.45, 2.75) is 30.8 Å². The van der Waals surface area contributed by atoms with E-state index in [9.17, 15) is 8.78 Å². The smallest absolute Gasteiger partial charge is 0.291 e. The minimum absolute atomic E-state index is 0.0662. The normalized spacial score (nSPS) is 26.2. The molecule has 96 valence electrons. The molecule has 2 unspecified atom stereocenters. The first-order valence-electron chi connectivity index (χ1n) is 5.87. The summed E-state index contributed by atoms with van der Waals surface area (Å²) in [6.45, 7) is 0. The number of rotatable bonds is 2. The highest BCUT2D eigenvalue weighted by Gasteiger charge is 2.38. The second-order valence-corrected chi connectivity index (χ2v) is 5.31. The molecular formula is C12H13F2N3S. The lowest BCUT2D eigenvalue weighted by atomic mass is 10.1. The molecule has 1 aromatic carbocycles. The van der Waals surface area contributed by atoms with E-state index in [0.29, 0.717) is 16.9 Å². The fourth-order valence-corrected chi connectivity index (χ4v) is 3.00. The van der Waals surface area contributed by atoms with Gasteiger partial charge in [0.1, 0.15) is 6.17 Å². The Labute approximate surface area is 108 Å². The number of nitrogens with one attached hydrogen (secondary N) is 1. The van der Waals surface area contributed by atoms with Crippen molar-refractivity contribution in [3.05, 3.63) is 35.9 Å². The Bertz CT molecular complexity index is 452. The highest BCUT2D eigenvalue weighted by molar-refractivity contribution is 8.14. The first kappa shape index (κ1) is 11.8. The third-order valence-corrected chi connectivity index (χ3v) is 3.83. The summed E-state index contributed by atoms with van der Waals surface area (Å²) in [6, 6.07) is 10.3. The van der Waals surface area contributed by atoms with Gasteiger partial charge in [-0.1, -0.05) is 30.3 Å². The molecule has 0 saturated carbocycles. The summed E-state index contributed by atoms with van der Waals surface area (Å²) in [5.41, 5.74) is 1.19. The lowest BCUT2D eigenvalue weighted by Crippen LogP contribution is -2.33. The molecule has 6 heteroatoms. The van der Waals surface area contributed by atoms with E-state index in [-0.39, 0.29) is 12.2 Å². The number of hydrogen-bond acceptors (Lipinski definition) is 4. The Balaban J connectivity index is 1.78. The van der Waals surface area contributed by atoms with Gasteiger partial charge < -0.3 is 5.32 Å². The van der Waals surface area contributed by atoms with Crippen LogP contribution in [0.4, 0.5) is 8.78 Å². The van der Waals surface area contributed by atoms with Crippen LogP contribution >= 0.6 is 11.8 Å². The van der Waals surface area contributed by atoms with Crippen LogP contribution in [0.5, 0.6) is 0 Å². The van der Waals surface area contributed by atoms with Crippen LogP contribution in [0.3, 0.4) is 0 Å². The lowest BCUT2D eigenvalue weighted by molar-refractivity contribution is 0.216. The molecule has 1 saturated heterocycles. The molecule has 1 N–H and O–H groups in total. The maximum Gasteiger partial charge on any atom is 0.291 e. The van der Waals surface area contributed by atoms with Crippen LogP contribution in [0.15, 0.2) is 35.4 Å².